The largest absolute Gasteiger partial charge is 0.507 e. The Balaban J connectivity index is 0.00000162. The summed E-state index contributed by atoms with van der Waals surface area (Å²) >= 11 is 0. The molecule has 0 radical (unpaired) electrons. The molecular weight excluding hydrogens is 337 g/mol. The lowest BCUT2D eigenvalue weighted by Gasteiger charge is -1.98. The fourth-order valence-electron chi connectivity index (χ4n) is 1.73. The lowest BCUT2D eigenvalue weighted by atomic mass is 10.1. The number of aryl methyl sites for hydroxylation is 1. The van der Waals surface area contributed by atoms with E-state index in [0.29, 0.717) is 5.75 Å². The molecule has 0 fully saturated rings. The molecule has 0 spiro atoms. The van der Waals surface area contributed by atoms with Gasteiger partial charge in [-0.25, -0.2) is 0 Å². The van der Waals surface area contributed by atoms with Gasteiger partial charge in [-0.2, -0.15) is 4.57 Å². The fraction of sp³-hybridized carbons (Fsp3) is 0.133. The standard InChI is InChI=1S/C15H15NO.HI/c1-2-16-12-6-5-8-14(16)11-10-13-7-3-4-9-15(13)17;/h3-12H,2H2,1H3;1H/p+1. The molecule has 2 rings (SSSR count). The molecule has 1 aromatic heterocycles. The maximum absolute atomic E-state index is 9.66. The molecule has 94 valence electrons. The number of nitrogens with zero attached hydrogens (tertiary/aromatic N) is 1. The van der Waals surface area contributed by atoms with Gasteiger partial charge < -0.3 is 5.11 Å². The van der Waals surface area contributed by atoms with E-state index < -0.39 is 0 Å². The van der Waals surface area contributed by atoms with Gasteiger partial charge in [0, 0.05) is 23.8 Å². The molecule has 0 saturated carbocycles. The molecule has 3 heteroatoms. The number of phenolic OH excluding ortho intramolecular Hbond substituents is 1. The topological polar surface area (TPSA) is 24.1 Å². The first-order valence-corrected chi connectivity index (χ1v) is 5.76. The molecule has 0 aliphatic carbocycles. The maximum Gasteiger partial charge on any atom is 0.205 e. The number of phenols is 1. The summed E-state index contributed by atoms with van der Waals surface area (Å²) < 4.78 is 2.15. The molecule has 0 aliphatic heterocycles. The van der Waals surface area contributed by atoms with Crippen LogP contribution in [0.25, 0.3) is 12.2 Å². The molecule has 1 aromatic carbocycles. The van der Waals surface area contributed by atoms with Crippen LogP contribution in [0.15, 0.2) is 48.7 Å². The molecule has 18 heavy (non-hydrogen) atoms. The second kappa shape index (κ2) is 7.16. The predicted octanol–water partition coefficient (Wildman–Crippen LogP) is 3.49. The number of hydrogen-bond donors (Lipinski definition) is 1. The molecule has 0 aliphatic rings. The Bertz CT molecular complexity index is 538. The van der Waals surface area contributed by atoms with Gasteiger partial charge in [0.1, 0.15) is 12.3 Å². The Labute approximate surface area is 125 Å². The fourth-order valence-corrected chi connectivity index (χ4v) is 1.73. The normalized spacial score (nSPS) is 10.3. The van der Waals surface area contributed by atoms with E-state index in [2.05, 4.69) is 17.6 Å². The van der Waals surface area contributed by atoms with Gasteiger partial charge in [-0.1, -0.05) is 18.2 Å². The van der Waals surface area contributed by atoms with E-state index >= 15 is 0 Å². The summed E-state index contributed by atoms with van der Waals surface area (Å²) in [6.07, 6.45) is 5.99. The summed E-state index contributed by atoms with van der Waals surface area (Å²) in [4.78, 5) is 0. The minimum absolute atomic E-state index is 0. The first-order chi connectivity index (χ1) is 8.31. The van der Waals surface area contributed by atoms with Crippen molar-refractivity contribution in [1.29, 1.82) is 0 Å². The van der Waals surface area contributed by atoms with Gasteiger partial charge in [0.05, 0.1) is 0 Å². The van der Waals surface area contributed by atoms with E-state index in [0.717, 1.165) is 17.8 Å². The Kier molecular flexibility index (Phi) is 5.85. The van der Waals surface area contributed by atoms with Gasteiger partial charge in [-0.05, 0) is 25.1 Å². The van der Waals surface area contributed by atoms with Crippen LogP contribution >= 0.6 is 24.0 Å². The van der Waals surface area contributed by atoms with Gasteiger partial charge in [0.15, 0.2) is 6.20 Å². The molecule has 0 unspecified atom stereocenters. The van der Waals surface area contributed by atoms with Crippen molar-refractivity contribution < 1.29 is 9.67 Å². The summed E-state index contributed by atoms with van der Waals surface area (Å²) in [5.41, 5.74) is 1.96. The van der Waals surface area contributed by atoms with Crippen LogP contribution < -0.4 is 4.57 Å². The Morgan fingerprint density at radius 2 is 1.78 bits per heavy atom. The monoisotopic (exact) mass is 354 g/mol. The molecule has 1 N–H and O–H groups in total. The van der Waals surface area contributed by atoms with E-state index in [-0.39, 0.29) is 24.0 Å². The quantitative estimate of drug-likeness (QED) is 0.662. The number of aromatic nitrogens is 1. The minimum atomic E-state index is 0. The number of para-hydroxylation sites is 1. The lowest BCUT2D eigenvalue weighted by molar-refractivity contribution is -0.695. The molecule has 2 aromatic rings. The third-order valence-electron chi connectivity index (χ3n) is 2.69. The van der Waals surface area contributed by atoms with E-state index in [4.69, 9.17) is 0 Å². The zero-order valence-corrected chi connectivity index (χ0v) is 12.6. The Morgan fingerprint density at radius 3 is 2.50 bits per heavy atom. The van der Waals surface area contributed by atoms with Gasteiger partial charge in [-0.15, -0.1) is 24.0 Å². The first kappa shape index (κ1) is 14.7. The predicted molar refractivity (Wildman–Crippen MR) is 84.8 cm³/mol. The average molecular weight is 354 g/mol. The zero-order valence-electron chi connectivity index (χ0n) is 10.3. The number of aromatic hydroxyl groups is 1. The van der Waals surface area contributed by atoms with Gasteiger partial charge >= 0.3 is 0 Å². The van der Waals surface area contributed by atoms with E-state index in [1.54, 1.807) is 6.07 Å². The summed E-state index contributed by atoms with van der Waals surface area (Å²) in [5.74, 6) is 0.308. The molecule has 0 saturated heterocycles. The van der Waals surface area contributed by atoms with Crippen LogP contribution in [-0.2, 0) is 6.54 Å². The number of halogens is 1. The van der Waals surface area contributed by atoms with Crippen molar-refractivity contribution in [2.75, 3.05) is 0 Å². The highest BCUT2D eigenvalue weighted by atomic mass is 127. The van der Waals surface area contributed by atoms with E-state index in [1.165, 1.54) is 0 Å². The van der Waals surface area contributed by atoms with Gasteiger partial charge in [0.2, 0.25) is 5.69 Å². The molecule has 1 heterocycles. The van der Waals surface area contributed by atoms with Gasteiger partial charge in [-0.3, -0.25) is 0 Å². The van der Waals surface area contributed by atoms with Crippen LogP contribution in [0, 0.1) is 0 Å². The third kappa shape index (κ3) is 3.57. The summed E-state index contributed by atoms with van der Waals surface area (Å²) in [7, 11) is 0. The van der Waals surface area contributed by atoms with Crippen molar-refractivity contribution >= 4 is 36.1 Å². The molecule has 0 amide bonds. The van der Waals surface area contributed by atoms with Crippen LogP contribution in [0.4, 0.5) is 0 Å². The van der Waals surface area contributed by atoms with Crippen molar-refractivity contribution in [3.05, 3.63) is 59.9 Å². The molecule has 0 atom stereocenters. The van der Waals surface area contributed by atoms with Crippen molar-refractivity contribution in [3.8, 4) is 5.75 Å². The zero-order chi connectivity index (χ0) is 12.1. The first-order valence-electron chi connectivity index (χ1n) is 5.76. The van der Waals surface area contributed by atoms with Crippen LogP contribution in [-0.4, -0.2) is 5.11 Å². The highest BCUT2D eigenvalue weighted by Gasteiger charge is 2.02. The van der Waals surface area contributed by atoms with Crippen molar-refractivity contribution in [2.45, 2.75) is 13.5 Å². The minimum Gasteiger partial charge on any atom is -0.507 e. The summed E-state index contributed by atoms with van der Waals surface area (Å²) in [6.45, 7) is 3.04. The van der Waals surface area contributed by atoms with Crippen LogP contribution in [0.1, 0.15) is 18.2 Å². The van der Waals surface area contributed by atoms with Gasteiger partial charge in [0.25, 0.3) is 0 Å². The maximum atomic E-state index is 9.66. The lowest BCUT2D eigenvalue weighted by Crippen LogP contribution is -2.34. The Hall–Kier alpha value is -1.36. The third-order valence-corrected chi connectivity index (χ3v) is 2.69. The number of rotatable bonds is 3. The number of benzene rings is 1. The second-order valence-corrected chi connectivity index (χ2v) is 3.80. The number of pyridine rings is 1. The second-order valence-electron chi connectivity index (χ2n) is 3.80. The van der Waals surface area contributed by atoms with E-state index in [1.807, 2.05) is 48.7 Å². The average Bonchev–Trinajstić information content (AvgIpc) is 2.38. The van der Waals surface area contributed by atoms with E-state index in [9.17, 15) is 5.11 Å². The smallest absolute Gasteiger partial charge is 0.205 e. The van der Waals surface area contributed by atoms with Crippen LogP contribution in [0.3, 0.4) is 0 Å². The highest BCUT2D eigenvalue weighted by Crippen LogP contribution is 2.17. The van der Waals surface area contributed by atoms with Crippen molar-refractivity contribution in [2.24, 2.45) is 0 Å². The van der Waals surface area contributed by atoms with Crippen molar-refractivity contribution in [1.82, 2.24) is 0 Å². The SMILES string of the molecule is CC[n+]1ccccc1/C=C\c1ccccc1O.I. The molecular formula is C15H17INO+. The number of hydrogen-bond acceptors (Lipinski definition) is 1. The highest BCUT2D eigenvalue weighted by molar-refractivity contribution is 14.0. The van der Waals surface area contributed by atoms with Crippen LogP contribution in [0.5, 0.6) is 5.75 Å². The summed E-state index contributed by atoms with van der Waals surface area (Å²) in [6, 6.07) is 13.4. The summed E-state index contributed by atoms with van der Waals surface area (Å²) in [5, 5.41) is 9.66. The molecule has 2 nitrogen and oxygen atoms in total. The van der Waals surface area contributed by atoms with Crippen LogP contribution in [0.2, 0.25) is 0 Å². The Morgan fingerprint density at radius 1 is 1.06 bits per heavy atom. The molecule has 0 bridgehead atoms. The van der Waals surface area contributed by atoms with Crippen molar-refractivity contribution in [3.63, 3.8) is 0 Å².